The number of anilines is 1. The van der Waals surface area contributed by atoms with Gasteiger partial charge in [-0.2, -0.15) is 5.10 Å². The maximum Gasteiger partial charge on any atom is 0.223 e. The fourth-order valence-corrected chi connectivity index (χ4v) is 4.50. The van der Waals surface area contributed by atoms with E-state index in [0.29, 0.717) is 23.1 Å². The Labute approximate surface area is 175 Å². The quantitative estimate of drug-likeness (QED) is 0.655. The smallest absolute Gasteiger partial charge is 0.223 e. The lowest BCUT2D eigenvalue weighted by Gasteiger charge is -2.29. The summed E-state index contributed by atoms with van der Waals surface area (Å²) < 4.78 is 4.17. The molecule has 2 fully saturated rings. The largest absolute Gasteiger partial charge is 0.351 e. The summed E-state index contributed by atoms with van der Waals surface area (Å²) in [4.78, 5) is 13.4. The lowest BCUT2D eigenvalue weighted by Crippen LogP contribution is -2.28. The van der Waals surface area contributed by atoms with Crippen LogP contribution in [0.25, 0.3) is 11.3 Å². The Bertz CT molecular complexity index is 969. The number of nitrogens with one attached hydrogen (secondary N) is 1. The van der Waals surface area contributed by atoms with E-state index in [-0.39, 0.29) is 0 Å². The zero-order valence-electron chi connectivity index (χ0n) is 16.6. The summed E-state index contributed by atoms with van der Waals surface area (Å²) in [5.41, 5.74) is 3.01. The molecular weight excluding hydrogens is 386 g/mol. The Balaban J connectivity index is 1.30. The Morgan fingerprint density at radius 3 is 2.69 bits per heavy atom. The molecule has 0 radical (unpaired) electrons. The van der Waals surface area contributed by atoms with Crippen molar-refractivity contribution >= 4 is 17.5 Å². The Morgan fingerprint density at radius 1 is 1.14 bits per heavy atom. The Kier molecular flexibility index (Phi) is 4.99. The second-order valence-electron chi connectivity index (χ2n) is 8.33. The molecule has 2 aliphatic rings. The van der Waals surface area contributed by atoms with Gasteiger partial charge in [0.1, 0.15) is 0 Å². The molecule has 0 amide bonds. The second kappa shape index (κ2) is 7.78. The van der Waals surface area contributed by atoms with Crippen LogP contribution in [0, 0.1) is 5.92 Å². The van der Waals surface area contributed by atoms with Gasteiger partial charge in [0.2, 0.25) is 5.95 Å². The molecule has 2 saturated carbocycles. The molecule has 1 N–H and O–H groups in total. The van der Waals surface area contributed by atoms with Crippen molar-refractivity contribution in [1.29, 1.82) is 0 Å². The predicted octanol–water partition coefficient (Wildman–Crippen LogP) is 4.28. The Hall–Kier alpha value is -2.41. The first-order valence-electron chi connectivity index (χ1n) is 10.4. The fraction of sp³-hybridized carbons (Fsp3) is 0.524. The molecule has 2 aliphatic carbocycles. The molecule has 8 heteroatoms. The highest BCUT2D eigenvalue weighted by molar-refractivity contribution is 6.32. The molecule has 0 saturated heterocycles. The van der Waals surface area contributed by atoms with Crippen LogP contribution >= 0.6 is 11.6 Å². The first-order valence-corrected chi connectivity index (χ1v) is 10.8. The van der Waals surface area contributed by atoms with E-state index >= 15 is 0 Å². The number of halogens is 1. The summed E-state index contributed by atoms with van der Waals surface area (Å²) in [5, 5.41) is 8.57. The van der Waals surface area contributed by atoms with Gasteiger partial charge in [0.15, 0.2) is 0 Å². The van der Waals surface area contributed by atoms with Gasteiger partial charge in [0, 0.05) is 42.8 Å². The molecule has 29 heavy (non-hydrogen) atoms. The number of aryl methyl sites for hydroxylation is 1. The van der Waals surface area contributed by atoms with Crippen LogP contribution in [0.1, 0.15) is 50.3 Å². The van der Waals surface area contributed by atoms with Gasteiger partial charge in [-0.3, -0.25) is 4.68 Å². The minimum atomic E-state index is 0.378. The zero-order valence-corrected chi connectivity index (χ0v) is 17.4. The predicted molar refractivity (Wildman–Crippen MR) is 113 cm³/mol. The molecule has 0 aromatic carbocycles. The van der Waals surface area contributed by atoms with E-state index in [1.165, 1.54) is 18.5 Å². The average Bonchev–Trinajstić information content (AvgIpc) is 3.24. The van der Waals surface area contributed by atoms with Crippen molar-refractivity contribution in [2.24, 2.45) is 13.0 Å². The maximum absolute atomic E-state index is 6.48. The molecule has 152 valence electrons. The maximum atomic E-state index is 6.48. The van der Waals surface area contributed by atoms with Crippen LogP contribution in [0.4, 0.5) is 5.95 Å². The third-order valence-electron chi connectivity index (χ3n) is 6.22. The van der Waals surface area contributed by atoms with Crippen LogP contribution in [-0.2, 0) is 13.5 Å². The van der Waals surface area contributed by atoms with E-state index < -0.39 is 0 Å². The van der Waals surface area contributed by atoms with Crippen molar-refractivity contribution in [2.45, 2.75) is 57.0 Å². The van der Waals surface area contributed by atoms with Crippen molar-refractivity contribution < 1.29 is 0 Å². The Morgan fingerprint density at radius 2 is 1.97 bits per heavy atom. The van der Waals surface area contributed by atoms with Crippen molar-refractivity contribution in [2.75, 3.05) is 5.32 Å². The van der Waals surface area contributed by atoms with Crippen LogP contribution in [0.3, 0.4) is 0 Å². The van der Waals surface area contributed by atoms with Crippen molar-refractivity contribution in [3.8, 4) is 11.3 Å². The normalized spacial score (nSPS) is 22.0. The van der Waals surface area contributed by atoms with Gasteiger partial charge in [-0.05, 0) is 50.9 Å². The topological polar surface area (TPSA) is 73.5 Å². The molecular formula is C21H26ClN7. The van der Waals surface area contributed by atoms with E-state index in [1.54, 1.807) is 6.20 Å². The van der Waals surface area contributed by atoms with Gasteiger partial charge < -0.3 is 9.88 Å². The number of aromatic nitrogens is 6. The average molecular weight is 412 g/mol. The molecule has 7 nitrogen and oxygen atoms in total. The highest BCUT2D eigenvalue weighted by Gasteiger charge is 2.27. The van der Waals surface area contributed by atoms with Crippen LogP contribution in [0.15, 0.2) is 31.1 Å². The molecule has 3 aromatic rings. The van der Waals surface area contributed by atoms with E-state index in [1.807, 2.05) is 30.5 Å². The van der Waals surface area contributed by atoms with Gasteiger partial charge in [-0.25, -0.2) is 15.0 Å². The van der Waals surface area contributed by atoms with Gasteiger partial charge in [0.05, 0.1) is 29.4 Å². The summed E-state index contributed by atoms with van der Waals surface area (Å²) in [6, 6.07) is 0.918. The van der Waals surface area contributed by atoms with E-state index in [9.17, 15) is 0 Å². The first kappa shape index (κ1) is 18.6. The standard InChI is InChI=1S/C21H26ClN7/c1-28-19(10-14-2-3-14)17(11-25-28)20-18(22)12-24-21(27-20)26-15-4-6-16(7-5-15)29-9-8-23-13-29/h8-9,11-16H,2-7,10H2,1H3,(H,24,26,27)/t15-,16+. The van der Waals surface area contributed by atoms with Gasteiger partial charge in [-0.15, -0.1) is 0 Å². The fourth-order valence-electron chi connectivity index (χ4n) is 4.31. The third-order valence-corrected chi connectivity index (χ3v) is 6.49. The van der Waals surface area contributed by atoms with Crippen molar-refractivity contribution in [3.05, 3.63) is 41.8 Å². The van der Waals surface area contributed by atoms with Crippen LogP contribution in [-0.4, -0.2) is 35.3 Å². The number of hydrogen-bond donors (Lipinski definition) is 1. The molecule has 0 bridgehead atoms. The molecule has 0 atom stereocenters. The third kappa shape index (κ3) is 4.01. The van der Waals surface area contributed by atoms with Crippen LogP contribution < -0.4 is 5.32 Å². The highest BCUT2D eigenvalue weighted by atomic mass is 35.5. The highest BCUT2D eigenvalue weighted by Crippen LogP contribution is 2.37. The number of rotatable bonds is 6. The first-order chi connectivity index (χ1) is 14.2. The van der Waals surface area contributed by atoms with E-state index in [2.05, 4.69) is 31.1 Å². The lowest BCUT2D eigenvalue weighted by atomic mass is 9.91. The summed E-state index contributed by atoms with van der Waals surface area (Å²) >= 11 is 6.48. The van der Waals surface area contributed by atoms with Crippen molar-refractivity contribution in [1.82, 2.24) is 29.3 Å². The molecule has 0 unspecified atom stereocenters. The second-order valence-corrected chi connectivity index (χ2v) is 8.73. The van der Waals surface area contributed by atoms with Crippen LogP contribution in [0.2, 0.25) is 5.02 Å². The number of imidazole rings is 1. The monoisotopic (exact) mass is 411 g/mol. The number of hydrogen-bond acceptors (Lipinski definition) is 5. The number of nitrogens with zero attached hydrogens (tertiary/aromatic N) is 6. The van der Waals surface area contributed by atoms with Crippen LogP contribution in [0.5, 0.6) is 0 Å². The lowest BCUT2D eigenvalue weighted by molar-refractivity contribution is 0.333. The SMILES string of the molecule is Cn1ncc(-c2nc(N[C@H]3CC[C@@H](n4ccnc4)CC3)ncc2Cl)c1CC1CC1. The zero-order chi connectivity index (χ0) is 19.8. The summed E-state index contributed by atoms with van der Waals surface area (Å²) in [6.07, 6.45) is 17.5. The van der Waals surface area contributed by atoms with Gasteiger partial charge in [0.25, 0.3) is 0 Å². The summed E-state index contributed by atoms with van der Waals surface area (Å²) in [7, 11) is 1.99. The summed E-state index contributed by atoms with van der Waals surface area (Å²) in [6.45, 7) is 0. The van der Waals surface area contributed by atoms with E-state index in [4.69, 9.17) is 16.6 Å². The van der Waals surface area contributed by atoms with Gasteiger partial charge >= 0.3 is 0 Å². The van der Waals surface area contributed by atoms with Crippen molar-refractivity contribution in [3.63, 3.8) is 0 Å². The summed E-state index contributed by atoms with van der Waals surface area (Å²) in [5.74, 6) is 1.42. The molecule has 3 heterocycles. The molecule has 3 aromatic heterocycles. The minimum absolute atomic E-state index is 0.378. The van der Waals surface area contributed by atoms with Gasteiger partial charge in [-0.1, -0.05) is 11.6 Å². The molecule has 5 rings (SSSR count). The molecule has 0 spiro atoms. The minimum Gasteiger partial charge on any atom is -0.351 e. The van der Waals surface area contributed by atoms with E-state index in [0.717, 1.165) is 49.3 Å². The molecule has 0 aliphatic heterocycles.